The zero-order valence-corrected chi connectivity index (χ0v) is 19.4. The van der Waals surface area contributed by atoms with Gasteiger partial charge in [-0.05, 0) is 116 Å². The van der Waals surface area contributed by atoms with Crippen LogP contribution in [0.25, 0.3) is 33.4 Å². The molecule has 0 spiro atoms. The van der Waals surface area contributed by atoms with Gasteiger partial charge in [-0.25, -0.2) is 10.5 Å². The van der Waals surface area contributed by atoms with Crippen LogP contribution in [0.3, 0.4) is 0 Å². The zero-order valence-electron chi connectivity index (χ0n) is 17.6. The molecule has 0 aliphatic rings. The van der Waals surface area contributed by atoms with Crippen LogP contribution in [-0.4, -0.2) is 10.5 Å². The van der Waals surface area contributed by atoms with Gasteiger partial charge in [0, 0.05) is 9.35 Å². The van der Waals surface area contributed by atoms with Crippen LogP contribution in [0.4, 0.5) is 0 Å². The van der Waals surface area contributed by atoms with Crippen molar-refractivity contribution in [2.24, 2.45) is 0 Å². The molecule has 2 unspecified atom stereocenters. The van der Waals surface area contributed by atoms with Crippen molar-refractivity contribution < 1.29 is 29.0 Å². The van der Waals surface area contributed by atoms with Gasteiger partial charge < -0.3 is 0 Å². The van der Waals surface area contributed by atoms with Gasteiger partial charge in [-0.15, -0.1) is 0 Å². The molecule has 0 fully saturated rings. The van der Waals surface area contributed by atoms with E-state index in [0.717, 1.165) is 33.4 Å². The van der Waals surface area contributed by atoms with Crippen LogP contribution in [0, 0.1) is 6.92 Å². The molecule has 33 heavy (non-hydrogen) atoms. The van der Waals surface area contributed by atoms with Gasteiger partial charge in [0.2, 0.25) is 10.6 Å². The van der Waals surface area contributed by atoms with E-state index in [1.54, 1.807) is 24.3 Å². The maximum absolute atomic E-state index is 11.7. The molecule has 6 nitrogen and oxygen atoms in total. The normalized spacial score (nSPS) is 11.8. The van der Waals surface area contributed by atoms with E-state index < -0.39 is 16.1 Å². The highest BCUT2D eigenvalue weighted by Crippen LogP contribution is 2.34. The fraction of sp³-hybridized carbons (Fsp3) is 0.0400. The summed E-state index contributed by atoms with van der Waals surface area (Å²) in [7, 11) is -4.60. The van der Waals surface area contributed by atoms with Gasteiger partial charge in [0.05, 0.1) is 0 Å². The van der Waals surface area contributed by atoms with Crippen LogP contribution in [0.5, 0.6) is 0 Å². The summed E-state index contributed by atoms with van der Waals surface area (Å²) in [5.41, 5.74) is 6.96. The number of hydrogen-bond donors (Lipinski definition) is 2. The van der Waals surface area contributed by atoms with E-state index in [-0.39, 0.29) is 0 Å². The molecule has 0 saturated carbocycles. The molecule has 2 N–H and O–H groups in total. The van der Waals surface area contributed by atoms with Crippen molar-refractivity contribution in [3.63, 3.8) is 0 Å². The largest absolute Gasteiger partial charge is 0.579 e. The molecule has 0 amide bonds. The van der Waals surface area contributed by atoms with Crippen molar-refractivity contribution in [2.75, 3.05) is 0 Å². The summed E-state index contributed by atoms with van der Waals surface area (Å²) in [6, 6.07) is 28.4. The Morgan fingerprint density at radius 3 is 1.12 bits per heavy atom. The first kappa shape index (κ1) is 23.1. The third-order valence-corrected chi connectivity index (χ3v) is 7.03. The number of aryl methyl sites for hydroxylation is 1. The van der Waals surface area contributed by atoms with Crippen molar-refractivity contribution >= 4 is 26.7 Å². The summed E-state index contributed by atoms with van der Waals surface area (Å²) in [6.07, 6.45) is 0. The SMILES string of the molecule is Cc1ccc(-c2cc(-c3ccc([P+](=O)OO)cc3)cc(-c3ccc([P+](=O)OO)cc3)c2)cc1. The lowest BCUT2D eigenvalue weighted by Gasteiger charge is -2.11. The standard InChI is InChI=1S/C25H18O6P2/c1-17-2-4-18(5-3-17)21-14-22(19-6-10-24(11-7-19)32(28)30-26)16-23(15-21)20-8-12-25(13-9-20)33(29)31-27/h2-16H,1H3/p+2. The highest BCUT2D eigenvalue weighted by molar-refractivity contribution is 7.48. The maximum Gasteiger partial charge on any atom is 0.579 e. The fourth-order valence-electron chi connectivity index (χ4n) is 3.52. The second-order valence-electron chi connectivity index (χ2n) is 7.44. The molecule has 2 atom stereocenters. The molecular formula is C25H20O6P2+2. The van der Waals surface area contributed by atoms with Crippen molar-refractivity contribution in [3.8, 4) is 33.4 Å². The van der Waals surface area contributed by atoms with Crippen LogP contribution >= 0.6 is 16.1 Å². The maximum atomic E-state index is 11.7. The Hall–Kier alpha value is -3.08. The van der Waals surface area contributed by atoms with Crippen LogP contribution in [-0.2, 0) is 18.5 Å². The Balaban J connectivity index is 1.81. The van der Waals surface area contributed by atoms with Gasteiger partial charge in [-0.1, -0.05) is 29.8 Å². The molecule has 4 rings (SSSR count). The number of benzene rings is 4. The summed E-state index contributed by atoms with van der Waals surface area (Å²) in [6.45, 7) is 2.04. The van der Waals surface area contributed by atoms with Crippen LogP contribution < -0.4 is 10.6 Å². The molecule has 0 heterocycles. The van der Waals surface area contributed by atoms with Crippen molar-refractivity contribution in [3.05, 3.63) is 96.6 Å². The monoisotopic (exact) mass is 478 g/mol. The van der Waals surface area contributed by atoms with E-state index >= 15 is 0 Å². The summed E-state index contributed by atoms with van der Waals surface area (Å²) in [4.78, 5) is 0. The van der Waals surface area contributed by atoms with E-state index in [1.807, 2.05) is 37.3 Å². The van der Waals surface area contributed by atoms with Gasteiger partial charge in [-0.2, -0.15) is 0 Å². The molecular weight excluding hydrogens is 458 g/mol. The minimum atomic E-state index is -2.30. The molecule has 0 saturated heterocycles. The average molecular weight is 478 g/mol. The Morgan fingerprint density at radius 1 is 0.515 bits per heavy atom. The topological polar surface area (TPSA) is 93.1 Å². The predicted octanol–water partition coefficient (Wildman–Crippen LogP) is 6.71. The summed E-state index contributed by atoms with van der Waals surface area (Å²) in [5.74, 6) is 0. The number of rotatable bonds is 7. The second-order valence-corrected chi connectivity index (χ2v) is 9.82. The molecule has 0 aliphatic carbocycles. The fourth-order valence-corrected chi connectivity index (χ4v) is 4.49. The predicted molar refractivity (Wildman–Crippen MR) is 129 cm³/mol. The lowest BCUT2D eigenvalue weighted by molar-refractivity contribution is -0.128. The molecule has 8 heteroatoms. The van der Waals surface area contributed by atoms with Gasteiger partial charge in [-0.3, -0.25) is 0 Å². The lowest BCUT2D eigenvalue weighted by atomic mass is 9.93. The third-order valence-electron chi connectivity index (χ3n) is 5.29. The smallest absolute Gasteiger partial charge is 0.204 e. The third kappa shape index (κ3) is 5.29. The second kappa shape index (κ2) is 10.2. The van der Waals surface area contributed by atoms with Gasteiger partial charge in [0.25, 0.3) is 0 Å². The van der Waals surface area contributed by atoms with Gasteiger partial charge >= 0.3 is 16.1 Å². The first-order chi connectivity index (χ1) is 16.0. The summed E-state index contributed by atoms with van der Waals surface area (Å²) in [5, 5.41) is 18.1. The minimum Gasteiger partial charge on any atom is -0.204 e. The zero-order chi connectivity index (χ0) is 23.4. The Bertz CT molecular complexity index is 1220. The highest BCUT2D eigenvalue weighted by atomic mass is 31.1. The Labute approximate surface area is 192 Å². The highest BCUT2D eigenvalue weighted by Gasteiger charge is 2.23. The van der Waals surface area contributed by atoms with Crippen molar-refractivity contribution in [1.82, 2.24) is 0 Å². The van der Waals surface area contributed by atoms with Crippen molar-refractivity contribution in [1.29, 1.82) is 0 Å². The van der Waals surface area contributed by atoms with Gasteiger partial charge in [0.15, 0.2) is 0 Å². The molecule has 164 valence electrons. The van der Waals surface area contributed by atoms with E-state index in [0.29, 0.717) is 10.6 Å². The first-order valence-electron chi connectivity index (χ1n) is 9.99. The molecule has 0 bridgehead atoms. The minimum absolute atomic E-state index is 0.391. The van der Waals surface area contributed by atoms with E-state index in [1.165, 1.54) is 5.56 Å². The van der Waals surface area contributed by atoms with E-state index in [4.69, 9.17) is 10.5 Å². The first-order valence-corrected chi connectivity index (χ1v) is 12.3. The van der Waals surface area contributed by atoms with E-state index in [2.05, 4.69) is 45.7 Å². The van der Waals surface area contributed by atoms with Crippen LogP contribution in [0.1, 0.15) is 5.56 Å². The number of hydrogen-bond acceptors (Lipinski definition) is 6. The summed E-state index contributed by atoms with van der Waals surface area (Å²) >= 11 is 0. The molecule has 4 aromatic carbocycles. The lowest BCUT2D eigenvalue weighted by Crippen LogP contribution is -1.97. The Kier molecular flexibility index (Phi) is 7.17. The average Bonchev–Trinajstić information content (AvgIpc) is 2.88. The molecule has 0 radical (unpaired) electrons. The van der Waals surface area contributed by atoms with Gasteiger partial charge in [0.1, 0.15) is 0 Å². The molecule has 0 aliphatic heterocycles. The van der Waals surface area contributed by atoms with Crippen molar-refractivity contribution in [2.45, 2.75) is 6.92 Å². The summed E-state index contributed by atoms with van der Waals surface area (Å²) < 4.78 is 31.3. The van der Waals surface area contributed by atoms with E-state index in [9.17, 15) is 9.13 Å². The quantitative estimate of drug-likeness (QED) is 0.174. The molecule has 0 aromatic heterocycles. The molecule has 4 aromatic rings. The van der Waals surface area contributed by atoms with Crippen LogP contribution in [0.15, 0.2) is 91.0 Å². The van der Waals surface area contributed by atoms with Crippen LogP contribution in [0.2, 0.25) is 0 Å². The Morgan fingerprint density at radius 2 is 0.818 bits per heavy atom.